The first-order valence-corrected chi connectivity index (χ1v) is 4.92. The summed E-state index contributed by atoms with van der Waals surface area (Å²) in [6.07, 6.45) is 5.05. The molecule has 0 bridgehead atoms. The molecule has 1 heterocycles. The molecule has 15 heavy (non-hydrogen) atoms. The Kier molecular flexibility index (Phi) is 4.65. The van der Waals surface area contributed by atoms with Gasteiger partial charge in [0.1, 0.15) is 5.75 Å². The fourth-order valence-electron chi connectivity index (χ4n) is 1.38. The maximum atomic E-state index is 6.04. The fraction of sp³-hybridized carbons (Fsp3) is 0.417. The molecule has 0 radical (unpaired) electrons. The van der Waals surface area contributed by atoms with Gasteiger partial charge < -0.3 is 10.5 Å². The van der Waals surface area contributed by atoms with Gasteiger partial charge in [0, 0.05) is 24.2 Å². The minimum atomic E-state index is -0.0381. The molecule has 0 aliphatic heterocycles. The van der Waals surface area contributed by atoms with E-state index in [0.29, 0.717) is 0 Å². The predicted octanol–water partition coefficient (Wildman–Crippen LogP) is 1.89. The van der Waals surface area contributed by atoms with Gasteiger partial charge in [0.2, 0.25) is 0 Å². The van der Waals surface area contributed by atoms with Crippen molar-refractivity contribution in [2.24, 2.45) is 5.73 Å². The van der Waals surface area contributed by atoms with Crippen molar-refractivity contribution in [1.29, 1.82) is 0 Å². The van der Waals surface area contributed by atoms with Crippen molar-refractivity contribution in [3.63, 3.8) is 0 Å². The molecule has 0 aromatic carbocycles. The van der Waals surface area contributed by atoms with E-state index in [1.54, 1.807) is 19.5 Å². The number of rotatable bonds is 4. The van der Waals surface area contributed by atoms with Crippen LogP contribution in [0.1, 0.15) is 31.4 Å². The quantitative estimate of drug-likeness (QED) is 0.762. The minimum absolute atomic E-state index is 0.0381. The highest BCUT2D eigenvalue weighted by atomic mass is 16.5. The molecular formula is C12H16N2O. The Hall–Kier alpha value is -1.53. The summed E-state index contributed by atoms with van der Waals surface area (Å²) in [6.45, 7) is 1.83. The number of pyridine rings is 1. The monoisotopic (exact) mass is 204 g/mol. The summed E-state index contributed by atoms with van der Waals surface area (Å²) in [4.78, 5) is 3.99. The van der Waals surface area contributed by atoms with Gasteiger partial charge in [-0.1, -0.05) is 0 Å². The largest absolute Gasteiger partial charge is 0.495 e. The second-order valence-electron chi connectivity index (χ2n) is 3.19. The predicted molar refractivity (Wildman–Crippen MR) is 60.4 cm³/mol. The van der Waals surface area contributed by atoms with Crippen LogP contribution in [0.15, 0.2) is 18.5 Å². The van der Waals surface area contributed by atoms with Crippen molar-refractivity contribution in [1.82, 2.24) is 4.98 Å². The minimum Gasteiger partial charge on any atom is -0.495 e. The summed E-state index contributed by atoms with van der Waals surface area (Å²) in [7, 11) is 1.62. The standard InChI is InChI=1S/C12H16N2O/c1-3-4-5-6-11(13)10-7-8-14-9-12(10)15-2/h7-9,11H,5-6,13H2,1-2H3. The van der Waals surface area contributed by atoms with Crippen LogP contribution < -0.4 is 10.5 Å². The Bertz CT molecular complexity index is 365. The van der Waals surface area contributed by atoms with E-state index in [1.165, 1.54) is 0 Å². The summed E-state index contributed by atoms with van der Waals surface area (Å²) >= 11 is 0. The lowest BCUT2D eigenvalue weighted by atomic mass is 10.0. The van der Waals surface area contributed by atoms with Gasteiger partial charge in [-0.05, 0) is 19.4 Å². The molecular weight excluding hydrogens is 188 g/mol. The molecule has 1 aromatic heterocycles. The number of hydrogen-bond acceptors (Lipinski definition) is 3. The number of nitrogens with two attached hydrogens (primary N) is 1. The van der Waals surface area contributed by atoms with Crippen LogP contribution in [-0.4, -0.2) is 12.1 Å². The van der Waals surface area contributed by atoms with Crippen molar-refractivity contribution in [3.8, 4) is 17.6 Å². The molecule has 0 saturated heterocycles. The maximum Gasteiger partial charge on any atom is 0.141 e. The molecule has 0 fully saturated rings. The maximum absolute atomic E-state index is 6.04. The smallest absolute Gasteiger partial charge is 0.141 e. The van der Waals surface area contributed by atoms with Gasteiger partial charge in [0.25, 0.3) is 0 Å². The number of ether oxygens (including phenoxy) is 1. The van der Waals surface area contributed by atoms with Crippen LogP contribution in [0.4, 0.5) is 0 Å². The van der Waals surface area contributed by atoms with Crippen LogP contribution in [0, 0.1) is 11.8 Å². The van der Waals surface area contributed by atoms with Gasteiger partial charge in [-0.3, -0.25) is 4.98 Å². The van der Waals surface area contributed by atoms with Crippen LogP contribution in [0.25, 0.3) is 0 Å². The molecule has 0 aliphatic rings. The Labute approximate surface area is 90.7 Å². The lowest BCUT2D eigenvalue weighted by Gasteiger charge is -2.13. The molecule has 1 rings (SSSR count). The van der Waals surface area contributed by atoms with Gasteiger partial charge in [0.15, 0.2) is 0 Å². The Morgan fingerprint density at radius 1 is 1.60 bits per heavy atom. The highest BCUT2D eigenvalue weighted by molar-refractivity contribution is 5.32. The zero-order chi connectivity index (χ0) is 11.1. The summed E-state index contributed by atoms with van der Waals surface area (Å²) in [5.41, 5.74) is 7.03. The lowest BCUT2D eigenvalue weighted by molar-refractivity contribution is 0.402. The zero-order valence-corrected chi connectivity index (χ0v) is 9.16. The van der Waals surface area contributed by atoms with Crippen molar-refractivity contribution in [3.05, 3.63) is 24.0 Å². The summed E-state index contributed by atoms with van der Waals surface area (Å²) in [6, 6.07) is 1.85. The average Bonchev–Trinajstić information content (AvgIpc) is 2.29. The van der Waals surface area contributed by atoms with Gasteiger partial charge in [-0.2, -0.15) is 0 Å². The first kappa shape index (κ1) is 11.5. The number of methoxy groups -OCH3 is 1. The third-order valence-electron chi connectivity index (χ3n) is 2.19. The van der Waals surface area contributed by atoms with Crippen molar-refractivity contribution < 1.29 is 4.74 Å². The molecule has 3 nitrogen and oxygen atoms in total. The summed E-state index contributed by atoms with van der Waals surface area (Å²) in [5, 5.41) is 0. The van der Waals surface area contributed by atoms with Crippen LogP contribution in [0.3, 0.4) is 0 Å². The lowest BCUT2D eigenvalue weighted by Crippen LogP contribution is -2.11. The van der Waals surface area contributed by atoms with E-state index in [0.717, 1.165) is 24.2 Å². The second-order valence-corrected chi connectivity index (χ2v) is 3.19. The van der Waals surface area contributed by atoms with Crippen molar-refractivity contribution >= 4 is 0 Å². The topological polar surface area (TPSA) is 48.1 Å². The van der Waals surface area contributed by atoms with Gasteiger partial charge in [-0.25, -0.2) is 0 Å². The Morgan fingerprint density at radius 3 is 3.07 bits per heavy atom. The second kappa shape index (κ2) is 6.05. The highest BCUT2D eigenvalue weighted by Crippen LogP contribution is 2.24. The molecule has 1 atom stereocenters. The third-order valence-corrected chi connectivity index (χ3v) is 2.19. The fourth-order valence-corrected chi connectivity index (χ4v) is 1.38. The van der Waals surface area contributed by atoms with Crippen molar-refractivity contribution in [2.75, 3.05) is 7.11 Å². The molecule has 0 aliphatic carbocycles. The first-order chi connectivity index (χ1) is 7.29. The van der Waals surface area contributed by atoms with Crippen LogP contribution in [0.2, 0.25) is 0 Å². The number of aromatic nitrogens is 1. The van der Waals surface area contributed by atoms with E-state index in [1.807, 2.05) is 13.0 Å². The van der Waals surface area contributed by atoms with E-state index in [-0.39, 0.29) is 6.04 Å². The van der Waals surface area contributed by atoms with Crippen LogP contribution in [-0.2, 0) is 0 Å². The molecule has 0 amide bonds. The van der Waals surface area contributed by atoms with Gasteiger partial charge in [-0.15, -0.1) is 11.8 Å². The molecule has 0 saturated carbocycles. The number of nitrogens with zero attached hydrogens (tertiary/aromatic N) is 1. The molecule has 1 aromatic rings. The van der Waals surface area contributed by atoms with Gasteiger partial charge >= 0.3 is 0 Å². The van der Waals surface area contributed by atoms with E-state index >= 15 is 0 Å². The molecule has 80 valence electrons. The van der Waals surface area contributed by atoms with Crippen LogP contribution in [0.5, 0.6) is 5.75 Å². The molecule has 2 N–H and O–H groups in total. The third kappa shape index (κ3) is 3.26. The summed E-state index contributed by atoms with van der Waals surface area (Å²) in [5.74, 6) is 6.60. The van der Waals surface area contributed by atoms with E-state index < -0.39 is 0 Å². The molecule has 0 spiro atoms. The number of hydrogen-bond donors (Lipinski definition) is 1. The van der Waals surface area contributed by atoms with E-state index in [2.05, 4.69) is 16.8 Å². The van der Waals surface area contributed by atoms with Crippen molar-refractivity contribution in [2.45, 2.75) is 25.8 Å². The Morgan fingerprint density at radius 2 is 2.40 bits per heavy atom. The Balaban J connectivity index is 2.70. The molecule has 3 heteroatoms. The first-order valence-electron chi connectivity index (χ1n) is 4.92. The van der Waals surface area contributed by atoms with Gasteiger partial charge in [0.05, 0.1) is 13.3 Å². The zero-order valence-electron chi connectivity index (χ0n) is 9.16. The average molecular weight is 204 g/mol. The normalized spacial score (nSPS) is 11.4. The summed E-state index contributed by atoms with van der Waals surface area (Å²) < 4.78 is 5.19. The van der Waals surface area contributed by atoms with Crippen LogP contribution >= 0.6 is 0 Å². The highest BCUT2D eigenvalue weighted by Gasteiger charge is 2.10. The van der Waals surface area contributed by atoms with E-state index in [4.69, 9.17) is 10.5 Å². The van der Waals surface area contributed by atoms with E-state index in [9.17, 15) is 0 Å². The SMILES string of the molecule is CC#CCCC(N)c1ccncc1OC. The molecule has 1 unspecified atom stereocenters.